The third-order valence-electron chi connectivity index (χ3n) is 6.24. The van der Waals surface area contributed by atoms with E-state index in [4.69, 9.17) is 9.47 Å². The zero-order valence-electron chi connectivity index (χ0n) is 19.9. The standard InChI is InChI=1S/C24H31N3O7S2/c28-24(20-5-4-13-27(19-20)36(31,32)22-6-2-1-3-7-22)25-12-16-34-21-8-10-23(11-9-21)35(29,30)26-14-17-33-18-15-26/h1-3,6-11,20H,4-5,12-19H2,(H,25,28)/t20-/m1/s1. The van der Waals surface area contributed by atoms with E-state index in [1.165, 1.54) is 20.7 Å². The summed E-state index contributed by atoms with van der Waals surface area (Å²) in [5.74, 6) is -0.150. The summed E-state index contributed by atoms with van der Waals surface area (Å²) in [4.78, 5) is 13.1. The van der Waals surface area contributed by atoms with Gasteiger partial charge in [0.15, 0.2) is 0 Å². The Kier molecular flexibility index (Phi) is 8.62. The van der Waals surface area contributed by atoms with Gasteiger partial charge in [0.05, 0.1) is 35.5 Å². The van der Waals surface area contributed by atoms with Crippen LogP contribution in [-0.2, 0) is 29.6 Å². The number of carbonyl (C=O) groups is 1. The second-order valence-electron chi connectivity index (χ2n) is 8.64. The zero-order chi connectivity index (χ0) is 25.6. The molecule has 10 nitrogen and oxygen atoms in total. The van der Waals surface area contributed by atoms with Crippen LogP contribution in [0.4, 0.5) is 0 Å². The highest BCUT2D eigenvalue weighted by Gasteiger charge is 2.33. The van der Waals surface area contributed by atoms with Crippen LogP contribution in [0.5, 0.6) is 5.75 Å². The van der Waals surface area contributed by atoms with Gasteiger partial charge in [-0.25, -0.2) is 16.8 Å². The molecule has 4 rings (SSSR count). The predicted molar refractivity (Wildman–Crippen MR) is 132 cm³/mol. The normalized spacial score (nSPS) is 20.1. The Morgan fingerprint density at radius 3 is 2.22 bits per heavy atom. The fourth-order valence-corrected chi connectivity index (χ4v) is 7.20. The van der Waals surface area contributed by atoms with Crippen LogP contribution >= 0.6 is 0 Å². The Balaban J connectivity index is 1.24. The second-order valence-corrected chi connectivity index (χ2v) is 12.5. The van der Waals surface area contributed by atoms with E-state index >= 15 is 0 Å². The van der Waals surface area contributed by atoms with Crippen molar-refractivity contribution in [3.63, 3.8) is 0 Å². The van der Waals surface area contributed by atoms with E-state index in [-0.39, 0.29) is 35.4 Å². The van der Waals surface area contributed by atoms with Crippen LogP contribution in [0.15, 0.2) is 64.4 Å². The van der Waals surface area contributed by atoms with Gasteiger partial charge in [0, 0.05) is 26.2 Å². The maximum Gasteiger partial charge on any atom is 0.243 e. The Morgan fingerprint density at radius 2 is 1.53 bits per heavy atom. The molecule has 0 bridgehead atoms. The summed E-state index contributed by atoms with van der Waals surface area (Å²) in [5.41, 5.74) is 0. The van der Waals surface area contributed by atoms with E-state index in [0.717, 1.165) is 0 Å². The van der Waals surface area contributed by atoms with Gasteiger partial charge in [-0.05, 0) is 49.2 Å². The Hall–Kier alpha value is -2.51. The highest BCUT2D eigenvalue weighted by Crippen LogP contribution is 2.24. The van der Waals surface area contributed by atoms with E-state index in [2.05, 4.69) is 5.32 Å². The van der Waals surface area contributed by atoms with Crippen molar-refractivity contribution in [1.29, 1.82) is 0 Å². The van der Waals surface area contributed by atoms with Gasteiger partial charge in [0.1, 0.15) is 12.4 Å². The van der Waals surface area contributed by atoms with Crippen LogP contribution in [-0.4, -0.2) is 83.9 Å². The lowest BCUT2D eigenvalue weighted by Crippen LogP contribution is -2.45. The fourth-order valence-electron chi connectivity index (χ4n) is 4.25. The van der Waals surface area contributed by atoms with Crippen molar-refractivity contribution >= 4 is 26.0 Å². The topological polar surface area (TPSA) is 122 Å². The summed E-state index contributed by atoms with van der Waals surface area (Å²) in [6.07, 6.45) is 1.23. The molecule has 2 fully saturated rings. The molecular weight excluding hydrogens is 506 g/mol. The summed E-state index contributed by atoms with van der Waals surface area (Å²) in [7, 11) is -7.20. The van der Waals surface area contributed by atoms with Crippen LogP contribution in [0.3, 0.4) is 0 Å². The monoisotopic (exact) mass is 537 g/mol. The number of nitrogens with one attached hydrogen (secondary N) is 1. The van der Waals surface area contributed by atoms with Gasteiger partial charge in [-0.2, -0.15) is 8.61 Å². The summed E-state index contributed by atoms with van der Waals surface area (Å²) < 4.78 is 64.8. The number of rotatable bonds is 9. The molecule has 1 atom stereocenters. The first-order chi connectivity index (χ1) is 17.3. The largest absolute Gasteiger partial charge is 0.492 e. The van der Waals surface area contributed by atoms with Crippen LogP contribution in [0, 0.1) is 5.92 Å². The third kappa shape index (κ3) is 6.24. The van der Waals surface area contributed by atoms with Crippen molar-refractivity contribution in [1.82, 2.24) is 13.9 Å². The predicted octanol–water partition coefficient (Wildman–Crippen LogP) is 1.30. The van der Waals surface area contributed by atoms with Crippen molar-refractivity contribution in [2.24, 2.45) is 5.92 Å². The molecule has 1 amide bonds. The average Bonchev–Trinajstić information content (AvgIpc) is 2.92. The van der Waals surface area contributed by atoms with Crippen LogP contribution < -0.4 is 10.1 Å². The molecule has 12 heteroatoms. The van der Waals surface area contributed by atoms with Crippen LogP contribution in [0.2, 0.25) is 0 Å². The molecule has 2 aliphatic heterocycles. The van der Waals surface area contributed by atoms with E-state index in [9.17, 15) is 21.6 Å². The first-order valence-corrected chi connectivity index (χ1v) is 14.8. The third-order valence-corrected chi connectivity index (χ3v) is 10.0. The highest BCUT2D eigenvalue weighted by molar-refractivity contribution is 7.89. The minimum atomic E-state index is -3.63. The van der Waals surface area contributed by atoms with E-state index in [1.54, 1.807) is 42.5 Å². The van der Waals surface area contributed by atoms with Gasteiger partial charge in [0.25, 0.3) is 0 Å². The Morgan fingerprint density at radius 1 is 0.889 bits per heavy atom. The van der Waals surface area contributed by atoms with Crippen molar-refractivity contribution in [3.05, 3.63) is 54.6 Å². The summed E-state index contributed by atoms with van der Waals surface area (Å²) in [6.45, 7) is 2.40. The van der Waals surface area contributed by atoms with E-state index in [0.29, 0.717) is 51.4 Å². The molecule has 36 heavy (non-hydrogen) atoms. The van der Waals surface area contributed by atoms with Crippen molar-refractivity contribution < 1.29 is 31.1 Å². The Bertz CT molecular complexity index is 1230. The maximum atomic E-state index is 12.9. The summed E-state index contributed by atoms with van der Waals surface area (Å²) in [6, 6.07) is 14.4. The first-order valence-electron chi connectivity index (χ1n) is 11.9. The van der Waals surface area contributed by atoms with Gasteiger partial charge < -0.3 is 14.8 Å². The molecule has 2 aromatic carbocycles. The molecule has 2 aliphatic rings. The number of hydrogen-bond acceptors (Lipinski definition) is 7. The van der Waals surface area contributed by atoms with Gasteiger partial charge in [-0.1, -0.05) is 18.2 Å². The number of morpholine rings is 1. The number of ether oxygens (including phenoxy) is 2. The second kappa shape index (κ2) is 11.7. The molecule has 2 heterocycles. The highest BCUT2D eigenvalue weighted by atomic mass is 32.2. The molecule has 0 aromatic heterocycles. The smallest absolute Gasteiger partial charge is 0.243 e. The number of amides is 1. The SMILES string of the molecule is O=C(NCCOc1ccc(S(=O)(=O)N2CCOCC2)cc1)[C@@H]1CCCN(S(=O)(=O)c2ccccc2)C1. The average molecular weight is 538 g/mol. The van der Waals surface area contributed by atoms with Gasteiger partial charge in [0.2, 0.25) is 26.0 Å². The van der Waals surface area contributed by atoms with Crippen molar-refractivity contribution in [2.45, 2.75) is 22.6 Å². The number of hydrogen-bond donors (Lipinski definition) is 1. The molecule has 0 saturated carbocycles. The lowest BCUT2D eigenvalue weighted by molar-refractivity contribution is -0.126. The molecule has 0 aliphatic carbocycles. The Labute approximate surface area is 212 Å². The minimum Gasteiger partial charge on any atom is -0.492 e. The number of carbonyl (C=O) groups excluding carboxylic acids is 1. The van der Waals surface area contributed by atoms with Crippen molar-refractivity contribution in [3.8, 4) is 5.75 Å². The molecule has 196 valence electrons. The number of piperidine rings is 1. The lowest BCUT2D eigenvalue weighted by atomic mass is 9.99. The van der Waals surface area contributed by atoms with Crippen molar-refractivity contribution in [2.75, 3.05) is 52.5 Å². The molecule has 0 spiro atoms. The lowest BCUT2D eigenvalue weighted by Gasteiger charge is -2.31. The van der Waals surface area contributed by atoms with Gasteiger partial charge in [-0.3, -0.25) is 4.79 Å². The molecule has 0 radical (unpaired) electrons. The summed E-state index contributed by atoms with van der Waals surface area (Å²) >= 11 is 0. The zero-order valence-corrected chi connectivity index (χ0v) is 21.5. The van der Waals surface area contributed by atoms with Gasteiger partial charge >= 0.3 is 0 Å². The molecule has 2 aromatic rings. The fraction of sp³-hybridized carbons (Fsp3) is 0.458. The molecule has 0 unspecified atom stereocenters. The number of nitrogens with zero attached hydrogens (tertiary/aromatic N) is 2. The molecule has 2 saturated heterocycles. The summed E-state index contributed by atoms with van der Waals surface area (Å²) in [5, 5.41) is 2.81. The minimum absolute atomic E-state index is 0.142. The van der Waals surface area contributed by atoms with Crippen LogP contribution in [0.1, 0.15) is 12.8 Å². The van der Waals surface area contributed by atoms with Crippen LogP contribution in [0.25, 0.3) is 0 Å². The molecular formula is C24H31N3O7S2. The number of sulfonamides is 2. The van der Waals surface area contributed by atoms with E-state index in [1.807, 2.05) is 0 Å². The first kappa shape index (κ1) is 26.6. The van der Waals surface area contributed by atoms with Gasteiger partial charge in [-0.15, -0.1) is 0 Å². The molecule has 1 N–H and O–H groups in total. The maximum absolute atomic E-state index is 12.9. The quantitative estimate of drug-likeness (QED) is 0.479. The van der Waals surface area contributed by atoms with E-state index < -0.39 is 26.0 Å². The number of benzene rings is 2.